The summed E-state index contributed by atoms with van der Waals surface area (Å²) in [4.78, 5) is 20.9. The van der Waals surface area contributed by atoms with Crippen molar-refractivity contribution < 1.29 is 9.32 Å². The fraction of sp³-hybridized carbons (Fsp3) is 0.611. The first-order valence-electron chi connectivity index (χ1n) is 8.86. The Morgan fingerprint density at radius 2 is 2.28 bits per heavy atom. The van der Waals surface area contributed by atoms with Crippen LogP contribution in [0.2, 0.25) is 0 Å². The van der Waals surface area contributed by atoms with Gasteiger partial charge >= 0.3 is 0 Å². The molecule has 2 aliphatic rings. The van der Waals surface area contributed by atoms with E-state index in [0.29, 0.717) is 23.2 Å². The Labute approximate surface area is 151 Å². The van der Waals surface area contributed by atoms with Crippen molar-refractivity contribution in [2.45, 2.75) is 52.2 Å². The number of piperidine rings is 1. The van der Waals surface area contributed by atoms with Crippen molar-refractivity contribution in [2.24, 2.45) is 5.41 Å². The van der Waals surface area contributed by atoms with E-state index in [-0.39, 0.29) is 5.91 Å². The molecule has 0 aromatic carbocycles. The lowest BCUT2D eigenvalue weighted by Gasteiger charge is -2.34. The average molecular weight is 360 g/mol. The zero-order valence-electron chi connectivity index (χ0n) is 14.8. The minimum Gasteiger partial charge on any atom is -0.338 e. The van der Waals surface area contributed by atoms with E-state index >= 15 is 0 Å². The van der Waals surface area contributed by atoms with Crippen LogP contribution in [0.15, 0.2) is 21.3 Å². The SMILES string of the molecule is CC(=O)N(Cc1ccsc1)C1CC12CCN(Cc1nc(C)no1)CC2. The van der Waals surface area contributed by atoms with E-state index in [9.17, 15) is 4.79 Å². The van der Waals surface area contributed by atoms with Crippen LogP contribution < -0.4 is 0 Å². The lowest BCUT2D eigenvalue weighted by molar-refractivity contribution is -0.130. The predicted octanol–water partition coefficient (Wildman–Crippen LogP) is 2.84. The van der Waals surface area contributed by atoms with Gasteiger partial charge in [-0.25, -0.2) is 0 Å². The molecular formula is C18H24N4O2S. The number of thiophene rings is 1. The molecular weight excluding hydrogens is 336 g/mol. The second kappa shape index (κ2) is 6.53. The maximum absolute atomic E-state index is 12.2. The predicted molar refractivity (Wildman–Crippen MR) is 94.9 cm³/mol. The highest BCUT2D eigenvalue weighted by atomic mass is 32.1. The molecule has 1 unspecified atom stereocenters. The Morgan fingerprint density at radius 1 is 1.48 bits per heavy atom. The summed E-state index contributed by atoms with van der Waals surface area (Å²) < 4.78 is 5.23. The zero-order valence-corrected chi connectivity index (χ0v) is 15.6. The Kier molecular flexibility index (Phi) is 4.37. The first-order chi connectivity index (χ1) is 12.1. The van der Waals surface area contributed by atoms with Crippen molar-refractivity contribution >= 4 is 17.2 Å². The minimum atomic E-state index is 0.192. The van der Waals surface area contributed by atoms with Crippen molar-refractivity contribution in [1.29, 1.82) is 0 Å². The van der Waals surface area contributed by atoms with E-state index in [0.717, 1.165) is 45.4 Å². The summed E-state index contributed by atoms with van der Waals surface area (Å²) in [6.45, 7) is 7.08. The normalized spacial score (nSPS) is 22.2. The van der Waals surface area contributed by atoms with E-state index in [2.05, 4.69) is 36.8 Å². The van der Waals surface area contributed by atoms with E-state index in [1.165, 1.54) is 5.56 Å². The highest BCUT2D eigenvalue weighted by molar-refractivity contribution is 7.07. The number of hydrogen-bond acceptors (Lipinski definition) is 6. The molecule has 134 valence electrons. The summed E-state index contributed by atoms with van der Waals surface area (Å²) in [6, 6.07) is 2.52. The third-order valence-electron chi connectivity index (χ3n) is 5.64. The fourth-order valence-electron chi connectivity index (χ4n) is 4.08. The van der Waals surface area contributed by atoms with Crippen molar-refractivity contribution in [3.63, 3.8) is 0 Å². The number of nitrogens with zero attached hydrogens (tertiary/aromatic N) is 4. The number of hydrogen-bond donors (Lipinski definition) is 0. The van der Waals surface area contributed by atoms with E-state index in [1.54, 1.807) is 18.3 Å². The molecule has 1 aliphatic carbocycles. The molecule has 1 atom stereocenters. The van der Waals surface area contributed by atoms with Crippen molar-refractivity contribution in [3.8, 4) is 0 Å². The molecule has 0 N–H and O–H groups in total. The van der Waals surface area contributed by atoms with Gasteiger partial charge in [-0.1, -0.05) is 5.16 Å². The highest BCUT2D eigenvalue weighted by Gasteiger charge is 2.58. The quantitative estimate of drug-likeness (QED) is 0.820. The van der Waals surface area contributed by atoms with Crippen LogP contribution in [0.5, 0.6) is 0 Å². The average Bonchev–Trinajstić information content (AvgIpc) is 2.94. The van der Waals surface area contributed by atoms with E-state index in [4.69, 9.17) is 4.52 Å². The highest BCUT2D eigenvalue weighted by Crippen LogP contribution is 2.57. The van der Waals surface area contributed by atoms with Gasteiger partial charge in [0.2, 0.25) is 11.8 Å². The van der Waals surface area contributed by atoms with Crippen LogP contribution in [0.3, 0.4) is 0 Å². The Hall–Kier alpha value is -1.73. The van der Waals surface area contributed by atoms with Crippen molar-refractivity contribution in [1.82, 2.24) is 19.9 Å². The van der Waals surface area contributed by atoms with Crippen LogP contribution in [-0.4, -0.2) is 45.0 Å². The van der Waals surface area contributed by atoms with Gasteiger partial charge in [-0.15, -0.1) is 0 Å². The second-order valence-corrected chi connectivity index (χ2v) is 8.15. The molecule has 2 aromatic rings. The van der Waals surface area contributed by atoms with Gasteiger partial charge in [0.15, 0.2) is 5.82 Å². The molecule has 1 saturated carbocycles. The molecule has 3 heterocycles. The van der Waals surface area contributed by atoms with Crippen molar-refractivity contribution in [3.05, 3.63) is 34.1 Å². The first kappa shape index (κ1) is 16.7. The summed E-state index contributed by atoms with van der Waals surface area (Å²) in [7, 11) is 0. The second-order valence-electron chi connectivity index (χ2n) is 7.37. The molecule has 2 fully saturated rings. The standard InChI is InChI=1S/C18H24N4O2S/c1-13-19-17(24-20-13)11-21-6-4-18(5-7-21)9-16(18)22(14(2)23)10-15-3-8-25-12-15/h3,8,12,16H,4-7,9-11H2,1-2H3. The summed E-state index contributed by atoms with van der Waals surface area (Å²) in [5.74, 6) is 1.58. The molecule has 25 heavy (non-hydrogen) atoms. The van der Waals surface area contributed by atoms with Gasteiger partial charge in [-0.3, -0.25) is 9.69 Å². The van der Waals surface area contributed by atoms with Gasteiger partial charge in [0.25, 0.3) is 0 Å². The number of carbonyl (C=O) groups is 1. The number of carbonyl (C=O) groups excluding carboxylic acids is 1. The first-order valence-corrected chi connectivity index (χ1v) is 9.80. The third kappa shape index (κ3) is 3.48. The Balaban J connectivity index is 1.34. The lowest BCUT2D eigenvalue weighted by atomic mass is 9.92. The molecule has 1 aliphatic heterocycles. The third-order valence-corrected chi connectivity index (χ3v) is 6.37. The van der Waals surface area contributed by atoms with Gasteiger partial charge in [0.05, 0.1) is 6.54 Å². The molecule has 1 saturated heterocycles. The van der Waals surface area contributed by atoms with Crippen LogP contribution in [0.4, 0.5) is 0 Å². The molecule has 1 amide bonds. The largest absolute Gasteiger partial charge is 0.338 e. The maximum Gasteiger partial charge on any atom is 0.240 e. The monoisotopic (exact) mass is 360 g/mol. The molecule has 7 heteroatoms. The number of aryl methyl sites for hydroxylation is 1. The van der Waals surface area contributed by atoms with Crippen LogP contribution in [0, 0.1) is 12.3 Å². The lowest BCUT2D eigenvalue weighted by Crippen LogP contribution is -2.39. The summed E-state index contributed by atoms with van der Waals surface area (Å²) in [5, 5.41) is 8.07. The summed E-state index contributed by atoms with van der Waals surface area (Å²) in [5.41, 5.74) is 1.56. The van der Waals surface area contributed by atoms with Gasteiger partial charge in [0.1, 0.15) is 0 Å². The van der Waals surface area contributed by atoms with Crippen LogP contribution >= 0.6 is 11.3 Å². The number of aromatic nitrogens is 2. The fourth-order valence-corrected chi connectivity index (χ4v) is 4.74. The maximum atomic E-state index is 12.2. The topological polar surface area (TPSA) is 62.5 Å². The van der Waals surface area contributed by atoms with Gasteiger partial charge in [-0.05, 0) is 67.1 Å². The Bertz CT molecular complexity index is 734. The molecule has 6 nitrogen and oxygen atoms in total. The van der Waals surface area contributed by atoms with E-state index in [1.807, 2.05) is 6.92 Å². The van der Waals surface area contributed by atoms with Crippen LogP contribution in [0.25, 0.3) is 0 Å². The Morgan fingerprint density at radius 3 is 2.88 bits per heavy atom. The molecule has 2 aromatic heterocycles. The number of amides is 1. The van der Waals surface area contributed by atoms with Gasteiger partial charge in [-0.2, -0.15) is 16.3 Å². The van der Waals surface area contributed by atoms with Gasteiger partial charge < -0.3 is 9.42 Å². The summed E-state index contributed by atoms with van der Waals surface area (Å²) >= 11 is 1.69. The van der Waals surface area contributed by atoms with Crippen LogP contribution in [0.1, 0.15) is 43.5 Å². The molecule has 4 rings (SSSR count). The molecule has 1 spiro atoms. The summed E-state index contributed by atoms with van der Waals surface area (Å²) in [6.07, 6.45) is 3.42. The zero-order chi connectivity index (χ0) is 17.4. The molecule has 0 bridgehead atoms. The number of rotatable bonds is 5. The number of likely N-dealkylation sites (tertiary alicyclic amines) is 1. The molecule has 0 radical (unpaired) electrons. The van der Waals surface area contributed by atoms with Crippen LogP contribution in [-0.2, 0) is 17.9 Å². The van der Waals surface area contributed by atoms with Crippen molar-refractivity contribution in [2.75, 3.05) is 13.1 Å². The van der Waals surface area contributed by atoms with E-state index < -0.39 is 0 Å². The van der Waals surface area contributed by atoms with Gasteiger partial charge in [0, 0.05) is 19.5 Å². The smallest absolute Gasteiger partial charge is 0.240 e. The minimum absolute atomic E-state index is 0.192.